The minimum atomic E-state index is -0.849. The van der Waals surface area contributed by atoms with Gasteiger partial charge in [0.2, 0.25) is 0 Å². The zero-order valence-corrected chi connectivity index (χ0v) is 13.3. The fourth-order valence-corrected chi connectivity index (χ4v) is 2.75. The van der Waals surface area contributed by atoms with Gasteiger partial charge in [0.1, 0.15) is 5.54 Å². The first-order valence-electron chi connectivity index (χ1n) is 7.61. The fourth-order valence-electron chi connectivity index (χ4n) is 2.75. The second-order valence-corrected chi connectivity index (χ2v) is 6.50. The van der Waals surface area contributed by atoms with Crippen LogP contribution in [0.15, 0.2) is 0 Å². The summed E-state index contributed by atoms with van der Waals surface area (Å²) >= 11 is 0. The van der Waals surface area contributed by atoms with E-state index in [2.05, 4.69) is 17.3 Å². The molecule has 0 bridgehead atoms. The van der Waals surface area contributed by atoms with E-state index in [0.717, 1.165) is 39.1 Å². The third-order valence-corrected chi connectivity index (χ3v) is 3.98. The van der Waals surface area contributed by atoms with Crippen molar-refractivity contribution in [1.29, 1.82) is 0 Å². The summed E-state index contributed by atoms with van der Waals surface area (Å²) in [5.41, 5.74) is -0.849. The van der Waals surface area contributed by atoms with Gasteiger partial charge in [-0.05, 0) is 53.0 Å². The first kappa shape index (κ1) is 17.4. The molecule has 0 aliphatic carbocycles. The Morgan fingerprint density at radius 3 is 2.55 bits per heavy atom. The first-order valence-corrected chi connectivity index (χ1v) is 7.61. The van der Waals surface area contributed by atoms with Crippen LogP contribution in [0.1, 0.15) is 40.0 Å². The van der Waals surface area contributed by atoms with Crippen molar-refractivity contribution >= 4 is 5.97 Å². The molecule has 1 saturated heterocycles. The molecule has 0 aromatic rings. The molecular formula is C15H30N2O3. The summed E-state index contributed by atoms with van der Waals surface area (Å²) in [5.74, 6) is -0.0893. The number of aliphatic carboxylic acids is 1. The van der Waals surface area contributed by atoms with E-state index in [-0.39, 0.29) is 6.04 Å². The number of carboxylic acid groups (broad SMARTS) is 1. The Balaban J connectivity index is 2.39. The number of rotatable bonds is 8. The molecule has 0 radical (unpaired) electrons. The second kappa shape index (κ2) is 7.96. The maximum Gasteiger partial charge on any atom is 0.323 e. The molecule has 1 atom stereocenters. The number of nitrogens with zero attached hydrogens (tertiary/aromatic N) is 1. The van der Waals surface area contributed by atoms with Crippen LogP contribution < -0.4 is 5.32 Å². The Hall–Kier alpha value is -0.650. The van der Waals surface area contributed by atoms with Crippen molar-refractivity contribution in [2.75, 3.05) is 33.4 Å². The van der Waals surface area contributed by atoms with Gasteiger partial charge in [-0.25, -0.2) is 0 Å². The van der Waals surface area contributed by atoms with Crippen LogP contribution in [0.5, 0.6) is 0 Å². The molecular weight excluding hydrogens is 256 g/mol. The molecule has 2 N–H and O–H groups in total. The Morgan fingerprint density at radius 1 is 1.45 bits per heavy atom. The maximum atomic E-state index is 11.5. The Morgan fingerprint density at radius 2 is 2.05 bits per heavy atom. The van der Waals surface area contributed by atoms with Crippen molar-refractivity contribution in [3.63, 3.8) is 0 Å². The largest absolute Gasteiger partial charge is 0.480 e. The maximum absolute atomic E-state index is 11.5. The molecule has 1 unspecified atom stereocenters. The highest BCUT2D eigenvalue weighted by atomic mass is 16.5. The van der Waals surface area contributed by atoms with E-state index in [9.17, 15) is 9.90 Å². The first-order chi connectivity index (χ1) is 9.33. The van der Waals surface area contributed by atoms with Gasteiger partial charge < -0.3 is 14.7 Å². The van der Waals surface area contributed by atoms with E-state index in [4.69, 9.17) is 4.74 Å². The van der Waals surface area contributed by atoms with Gasteiger partial charge in [0.05, 0.1) is 0 Å². The average molecular weight is 286 g/mol. The molecule has 0 amide bonds. The zero-order valence-electron chi connectivity index (χ0n) is 13.3. The molecule has 1 fully saturated rings. The summed E-state index contributed by atoms with van der Waals surface area (Å²) in [6.07, 6.45) is 2.84. The number of carbonyl (C=O) groups is 1. The van der Waals surface area contributed by atoms with E-state index in [1.54, 1.807) is 6.92 Å². The van der Waals surface area contributed by atoms with Crippen molar-refractivity contribution in [3.05, 3.63) is 0 Å². The van der Waals surface area contributed by atoms with Gasteiger partial charge in [-0.15, -0.1) is 0 Å². The highest BCUT2D eigenvalue weighted by molar-refractivity contribution is 5.78. The van der Waals surface area contributed by atoms with Gasteiger partial charge in [0, 0.05) is 32.3 Å². The molecule has 0 aromatic carbocycles. The summed E-state index contributed by atoms with van der Waals surface area (Å²) in [7, 11) is 2.08. The highest BCUT2D eigenvalue weighted by Crippen LogP contribution is 2.17. The predicted molar refractivity (Wildman–Crippen MR) is 80.0 cm³/mol. The third kappa shape index (κ3) is 5.77. The summed E-state index contributed by atoms with van der Waals surface area (Å²) in [4.78, 5) is 13.7. The molecule has 5 nitrogen and oxygen atoms in total. The minimum absolute atomic E-state index is 0.164. The summed E-state index contributed by atoms with van der Waals surface area (Å²) < 4.78 is 5.36. The van der Waals surface area contributed by atoms with Crippen molar-refractivity contribution < 1.29 is 14.6 Å². The van der Waals surface area contributed by atoms with E-state index in [1.807, 2.05) is 13.8 Å². The Bertz CT molecular complexity index is 303. The number of ether oxygens (including phenoxy) is 1. The highest BCUT2D eigenvalue weighted by Gasteiger charge is 2.33. The van der Waals surface area contributed by atoms with E-state index >= 15 is 0 Å². The fraction of sp³-hybridized carbons (Fsp3) is 0.933. The standard InChI is InChI=1S/C15H30N2O3/c1-12(2)16-15(3,14(18)19)7-8-17(4)11-13-5-9-20-10-6-13/h12-13,16H,5-11H2,1-4H3,(H,18,19). The lowest BCUT2D eigenvalue weighted by molar-refractivity contribution is -0.144. The predicted octanol–water partition coefficient (Wildman–Crippen LogP) is 1.58. The molecule has 1 aliphatic rings. The average Bonchev–Trinajstić information content (AvgIpc) is 2.36. The van der Waals surface area contributed by atoms with Crippen LogP contribution >= 0.6 is 0 Å². The van der Waals surface area contributed by atoms with Gasteiger partial charge >= 0.3 is 5.97 Å². The smallest absolute Gasteiger partial charge is 0.323 e. The van der Waals surface area contributed by atoms with Crippen LogP contribution in [0.4, 0.5) is 0 Å². The molecule has 0 saturated carbocycles. The van der Waals surface area contributed by atoms with Crippen molar-refractivity contribution in [2.24, 2.45) is 5.92 Å². The summed E-state index contributed by atoms with van der Waals surface area (Å²) in [6, 6.07) is 0.164. The van der Waals surface area contributed by atoms with Crippen LogP contribution in [0, 0.1) is 5.92 Å². The van der Waals surface area contributed by atoms with E-state index in [0.29, 0.717) is 12.3 Å². The Kier molecular flexibility index (Phi) is 6.92. The van der Waals surface area contributed by atoms with Crippen molar-refractivity contribution in [3.8, 4) is 0 Å². The van der Waals surface area contributed by atoms with Gasteiger partial charge in [0.25, 0.3) is 0 Å². The number of hydrogen-bond donors (Lipinski definition) is 2. The molecule has 0 spiro atoms. The lowest BCUT2D eigenvalue weighted by atomic mass is 9.95. The number of carboxylic acids is 1. The van der Waals surface area contributed by atoms with Gasteiger partial charge in [0.15, 0.2) is 0 Å². The van der Waals surface area contributed by atoms with Crippen molar-refractivity contribution in [1.82, 2.24) is 10.2 Å². The topological polar surface area (TPSA) is 61.8 Å². The van der Waals surface area contributed by atoms with Crippen LogP contribution in [0.2, 0.25) is 0 Å². The number of hydrogen-bond acceptors (Lipinski definition) is 4. The van der Waals surface area contributed by atoms with Gasteiger partial charge in [-0.2, -0.15) is 0 Å². The minimum Gasteiger partial charge on any atom is -0.480 e. The summed E-state index contributed by atoms with van der Waals surface area (Å²) in [6.45, 7) is 9.28. The van der Waals surface area contributed by atoms with Crippen LogP contribution in [-0.2, 0) is 9.53 Å². The van der Waals surface area contributed by atoms with Crippen LogP contribution in [-0.4, -0.2) is 60.9 Å². The zero-order chi connectivity index (χ0) is 15.2. The lowest BCUT2D eigenvalue weighted by Gasteiger charge is -2.32. The van der Waals surface area contributed by atoms with Gasteiger partial charge in [-0.3, -0.25) is 10.1 Å². The van der Waals surface area contributed by atoms with Crippen molar-refractivity contribution in [2.45, 2.75) is 51.6 Å². The third-order valence-electron chi connectivity index (χ3n) is 3.98. The molecule has 1 heterocycles. The molecule has 1 rings (SSSR count). The monoisotopic (exact) mass is 286 g/mol. The van der Waals surface area contributed by atoms with E-state index in [1.165, 1.54) is 0 Å². The number of nitrogens with one attached hydrogen (secondary N) is 1. The van der Waals surface area contributed by atoms with Crippen LogP contribution in [0.25, 0.3) is 0 Å². The van der Waals surface area contributed by atoms with Gasteiger partial charge in [-0.1, -0.05) is 0 Å². The molecule has 20 heavy (non-hydrogen) atoms. The quantitative estimate of drug-likeness (QED) is 0.709. The lowest BCUT2D eigenvalue weighted by Crippen LogP contribution is -2.53. The molecule has 5 heteroatoms. The molecule has 0 aromatic heterocycles. The van der Waals surface area contributed by atoms with E-state index < -0.39 is 11.5 Å². The second-order valence-electron chi connectivity index (χ2n) is 6.50. The Labute approximate surface area is 122 Å². The molecule has 1 aliphatic heterocycles. The van der Waals surface area contributed by atoms with Crippen LogP contribution in [0.3, 0.4) is 0 Å². The normalized spacial score (nSPS) is 20.3. The molecule has 118 valence electrons. The summed E-state index contributed by atoms with van der Waals surface area (Å²) in [5, 5.41) is 12.6. The SMILES string of the molecule is CC(C)NC(C)(CCN(C)CC1CCOCC1)C(=O)O.